The van der Waals surface area contributed by atoms with E-state index in [1.807, 2.05) is 24.3 Å². The van der Waals surface area contributed by atoms with Crippen LogP contribution in [0.25, 0.3) is 0 Å². The number of sulfonamides is 1. The molecule has 0 N–H and O–H groups in total. The number of halogens is 1. The van der Waals surface area contributed by atoms with Crippen molar-refractivity contribution in [2.45, 2.75) is 11.8 Å². The maximum atomic E-state index is 12.9. The summed E-state index contributed by atoms with van der Waals surface area (Å²) in [5.74, 6) is 0.794. The van der Waals surface area contributed by atoms with Crippen molar-refractivity contribution in [3.63, 3.8) is 0 Å². The second-order valence-corrected chi connectivity index (χ2v) is 8.35. The van der Waals surface area contributed by atoms with Crippen LogP contribution in [0.1, 0.15) is 5.56 Å². The van der Waals surface area contributed by atoms with E-state index in [-0.39, 0.29) is 4.90 Å². The first-order valence-corrected chi connectivity index (χ1v) is 9.89. The van der Waals surface area contributed by atoms with Crippen molar-refractivity contribution < 1.29 is 13.2 Å². The van der Waals surface area contributed by atoms with Gasteiger partial charge in [0.15, 0.2) is 0 Å². The average Bonchev–Trinajstić information content (AvgIpc) is 2.63. The molecule has 0 spiro atoms. The van der Waals surface area contributed by atoms with Gasteiger partial charge in [-0.15, -0.1) is 0 Å². The van der Waals surface area contributed by atoms with Gasteiger partial charge in [0.2, 0.25) is 10.0 Å². The Morgan fingerprint density at radius 3 is 2.44 bits per heavy atom. The van der Waals surface area contributed by atoms with E-state index in [9.17, 15) is 8.42 Å². The van der Waals surface area contributed by atoms with E-state index in [4.69, 9.17) is 16.3 Å². The second-order valence-electron chi connectivity index (χ2n) is 6.00. The topological polar surface area (TPSA) is 49.9 Å². The highest BCUT2D eigenvalue weighted by atomic mass is 35.5. The van der Waals surface area contributed by atoms with Crippen molar-refractivity contribution in [2.24, 2.45) is 0 Å². The second kappa shape index (κ2) is 7.23. The van der Waals surface area contributed by atoms with Crippen LogP contribution in [0.4, 0.5) is 5.69 Å². The van der Waals surface area contributed by atoms with Gasteiger partial charge in [0.1, 0.15) is 5.75 Å². The van der Waals surface area contributed by atoms with Crippen LogP contribution in [0.15, 0.2) is 47.4 Å². The quantitative estimate of drug-likeness (QED) is 0.817. The molecule has 2 aromatic rings. The smallest absolute Gasteiger partial charge is 0.243 e. The Morgan fingerprint density at radius 2 is 1.76 bits per heavy atom. The van der Waals surface area contributed by atoms with E-state index in [1.165, 1.54) is 10.4 Å². The number of hydrogen-bond donors (Lipinski definition) is 0. The molecule has 1 aliphatic heterocycles. The highest BCUT2D eigenvalue weighted by Gasteiger charge is 2.29. The van der Waals surface area contributed by atoms with Crippen molar-refractivity contribution in [3.05, 3.63) is 53.1 Å². The number of rotatable bonds is 4. The first-order valence-electron chi connectivity index (χ1n) is 8.07. The van der Waals surface area contributed by atoms with Crippen LogP contribution in [-0.2, 0) is 10.0 Å². The molecule has 0 bridgehead atoms. The standard InChI is InChI=1S/C18H21ClN2O3S/c1-14-6-7-15(19)12-18(14)25(22,23)21-10-8-20(9-11-21)16-4-3-5-17(13-16)24-2/h3-7,12-13H,8-11H2,1-2H3. The molecule has 1 aliphatic rings. The highest BCUT2D eigenvalue weighted by molar-refractivity contribution is 7.89. The zero-order valence-corrected chi connectivity index (χ0v) is 15.8. The number of piperazine rings is 1. The van der Waals surface area contributed by atoms with Crippen LogP contribution in [0, 0.1) is 6.92 Å². The largest absolute Gasteiger partial charge is 0.497 e. The van der Waals surface area contributed by atoms with Gasteiger partial charge in [-0.3, -0.25) is 0 Å². The number of benzene rings is 2. The molecule has 0 aliphatic carbocycles. The summed E-state index contributed by atoms with van der Waals surface area (Å²) in [6.45, 7) is 3.92. The molecule has 7 heteroatoms. The van der Waals surface area contributed by atoms with Crippen LogP contribution in [-0.4, -0.2) is 46.0 Å². The lowest BCUT2D eigenvalue weighted by Crippen LogP contribution is -2.48. The minimum absolute atomic E-state index is 0.287. The number of hydrogen-bond acceptors (Lipinski definition) is 4. The summed E-state index contributed by atoms with van der Waals surface area (Å²) >= 11 is 5.99. The van der Waals surface area contributed by atoms with Crippen LogP contribution in [0.3, 0.4) is 0 Å². The van der Waals surface area contributed by atoms with Crippen LogP contribution in [0.2, 0.25) is 5.02 Å². The van der Waals surface area contributed by atoms with Crippen molar-refractivity contribution in [3.8, 4) is 5.75 Å². The third-order valence-corrected chi connectivity index (χ3v) is 6.70. The molecule has 0 radical (unpaired) electrons. The van der Waals surface area contributed by atoms with E-state index in [2.05, 4.69) is 4.90 Å². The predicted molar refractivity (Wildman–Crippen MR) is 100 cm³/mol. The van der Waals surface area contributed by atoms with Gasteiger partial charge < -0.3 is 9.64 Å². The fourth-order valence-electron chi connectivity index (χ4n) is 2.98. The van der Waals surface area contributed by atoms with Gasteiger partial charge in [-0.05, 0) is 36.8 Å². The minimum Gasteiger partial charge on any atom is -0.497 e. The lowest BCUT2D eigenvalue weighted by molar-refractivity contribution is 0.384. The van der Waals surface area contributed by atoms with Gasteiger partial charge in [-0.2, -0.15) is 4.31 Å². The number of methoxy groups -OCH3 is 1. The summed E-state index contributed by atoms with van der Waals surface area (Å²) in [5, 5.41) is 0.430. The van der Waals surface area contributed by atoms with Crippen molar-refractivity contribution in [1.29, 1.82) is 0 Å². The Kier molecular flexibility index (Phi) is 5.22. The summed E-state index contributed by atoms with van der Waals surface area (Å²) in [6.07, 6.45) is 0. The molecule has 3 rings (SSSR count). The molecule has 25 heavy (non-hydrogen) atoms. The SMILES string of the molecule is COc1cccc(N2CCN(S(=O)(=O)c3cc(Cl)ccc3C)CC2)c1. The monoisotopic (exact) mass is 380 g/mol. The number of anilines is 1. The third-order valence-electron chi connectivity index (χ3n) is 4.43. The van der Waals surface area contributed by atoms with Gasteiger partial charge in [0.05, 0.1) is 12.0 Å². The third kappa shape index (κ3) is 3.76. The Balaban J connectivity index is 1.76. The van der Waals surface area contributed by atoms with Gasteiger partial charge in [0, 0.05) is 43.0 Å². The molecule has 134 valence electrons. The lowest BCUT2D eigenvalue weighted by atomic mass is 10.2. The van der Waals surface area contributed by atoms with E-state index >= 15 is 0 Å². The summed E-state index contributed by atoms with van der Waals surface area (Å²) in [5.41, 5.74) is 1.75. The van der Waals surface area contributed by atoms with E-state index in [1.54, 1.807) is 26.2 Å². The molecule has 0 amide bonds. The maximum absolute atomic E-state index is 12.9. The lowest BCUT2D eigenvalue weighted by Gasteiger charge is -2.35. The molecule has 0 atom stereocenters. The zero-order valence-electron chi connectivity index (χ0n) is 14.3. The Labute approximate surface area is 153 Å². The summed E-state index contributed by atoms with van der Waals surface area (Å²) in [7, 11) is -1.90. The molecule has 1 fully saturated rings. The molecular formula is C18H21ClN2O3S. The van der Waals surface area contributed by atoms with Crippen molar-refractivity contribution in [2.75, 3.05) is 38.2 Å². The fourth-order valence-corrected chi connectivity index (χ4v) is 4.89. The molecule has 5 nitrogen and oxygen atoms in total. The van der Waals surface area contributed by atoms with Crippen molar-refractivity contribution >= 4 is 27.3 Å². The molecular weight excluding hydrogens is 360 g/mol. The summed E-state index contributed by atoms with van der Waals surface area (Å²) in [4.78, 5) is 2.45. The van der Waals surface area contributed by atoms with E-state index < -0.39 is 10.0 Å². The van der Waals surface area contributed by atoms with E-state index in [0.717, 1.165) is 11.4 Å². The molecule has 0 saturated carbocycles. The van der Waals surface area contributed by atoms with E-state index in [0.29, 0.717) is 36.8 Å². The molecule has 1 saturated heterocycles. The molecule has 1 heterocycles. The number of aryl methyl sites for hydroxylation is 1. The highest BCUT2D eigenvalue weighted by Crippen LogP contribution is 2.26. The van der Waals surface area contributed by atoms with Crippen LogP contribution < -0.4 is 9.64 Å². The molecule has 0 aromatic heterocycles. The maximum Gasteiger partial charge on any atom is 0.243 e. The van der Waals surface area contributed by atoms with Gasteiger partial charge in [0.25, 0.3) is 0 Å². The summed E-state index contributed by atoms with van der Waals surface area (Å²) in [6, 6.07) is 12.8. The first-order chi connectivity index (χ1) is 11.9. The fraction of sp³-hybridized carbons (Fsp3) is 0.333. The predicted octanol–water partition coefficient (Wildman–Crippen LogP) is 3.17. The number of nitrogens with zero attached hydrogens (tertiary/aromatic N) is 2. The summed E-state index contributed by atoms with van der Waals surface area (Å²) < 4.78 is 32.7. The Hall–Kier alpha value is -1.76. The Bertz CT molecular complexity index is 862. The van der Waals surface area contributed by atoms with Gasteiger partial charge in [-0.25, -0.2) is 8.42 Å². The first kappa shape index (κ1) is 18.0. The molecule has 2 aromatic carbocycles. The number of ether oxygens (including phenoxy) is 1. The minimum atomic E-state index is -3.54. The Morgan fingerprint density at radius 1 is 1.04 bits per heavy atom. The average molecular weight is 381 g/mol. The van der Waals surface area contributed by atoms with Gasteiger partial charge >= 0.3 is 0 Å². The van der Waals surface area contributed by atoms with Gasteiger partial charge in [-0.1, -0.05) is 23.7 Å². The zero-order chi connectivity index (χ0) is 18.0. The van der Waals surface area contributed by atoms with Crippen LogP contribution >= 0.6 is 11.6 Å². The normalized spacial score (nSPS) is 16.0. The molecule has 0 unspecified atom stereocenters. The van der Waals surface area contributed by atoms with Crippen LogP contribution in [0.5, 0.6) is 5.75 Å². The van der Waals surface area contributed by atoms with Crippen molar-refractivity contribution in [1.82, 2.24) is 4.31 Å².